The monoisotopic (exact) mass is 172 g/mol. The van der Waals surface area contributed by atoms with Gasteiger partial charge in [0.1, 0.15) is 5.60 Å². The van der Waals surface area contributed by atoms with E-state index in [4.69, 9.17) is 5.11 Å². The van der Waals surface area contributed by atoms with Gasteiger partial charge in [-0.05, 0) is 19.3 Å². The van der Waals surface area contributed by atoms with Crippen LogP contribution in [0.5, 0.6) is 0 Å². The van der Waals surface area contributed by atoms with Gasteiger partial charge in [0.05, 0.1) is 6.42 Å². The molecular weight excluding hydrogens is 160 g/mol. The number of carboxylic acids is 1. The highest BCUT2D eigenvalue weighted by molar-refractivity contribution is 5.91. The number of carbonyl (C=O) groups is 2. The van der Waals surface area contributed by atoms with E-state index in [2.05, 4.69) is 0 Å². The summed E-state index contributed by atoms with van der Waals surface area (Å²) in [6.45, 7) is 0. The van der Waals surface area contributed by atoms with Gasteiger partial charge in [-0.15, -0.1) is 0 Å². The fourth-order valence-corrected chi connectivity index (χ4v) is 1.51. The SMILES string of the molecule is O=C(O)C[C@@]1(O)CCCCC1=O. The molecule has 1 rings (SSSR count). The van der Waals surface area contributed by atoms with Crippen LogP contribution in [-0.4, -0.2) is 27.6 Å². The summed E-state index contributed by atoms with van der Waals surface area (Å²) < 4.78 is 0. The molecule has 4 heteroatoms. The average Bonchev–Trinajstić information content (AvgIpc) is 1.94. The molecule has 0 amide bonds. The Balaban J connectivity index is 2.66. The van der Waals surface area contributed by atoms with Gasteiger partial charge in [-0.3, -0.25) is 9.59 Å². The molecule has 0 aliphatic heterocycles. The summed E-state index contributed by atoms with van der Waals surface area (Å²) in [5.41, 5.74) is -1.58. The lowest BCUT2D eigenvalue weighted by atomic mass is 9.81. The van der Waals surface area contributed by atoms with Crippen molar-refractivity contribution in [1.29, 1.82) is 0 Å². The van der Waals surface area contributed by atoms with Gasteiger partial charge >= 0.3 is 5.97 Å². The maximum atomic E-state index is 11.1. The standard InChI is InChI=1S/C8H12O4/c9-6-3-1-2-4-8(6,12)5-7(10)11/h12H,1-5H2,(H,10,11)/t8-/m0/s1. The van der Waals surface area contributed by atoms with Crippen LogP contribution in [0, 0.1) is 0 Å². The van der Waals surface area contributed by atoms with Gasteiger partial charge in [-0.2, -0.15) is 0 Å². The van der Waals surface area contributed by atoms with E-state index in [-0.39, 0.29) is 12.2 Å². The fraction of sp³-hybridized carbons (Fsp3) is 0.750. The summed E-state index contributed by atoms with van der Waals surface area (Å²) in [5, 5.41) is 18.0. The minimum absolute atomic E-state index is 0.290. The topological polar surface area (TPSA) is 74.6 Å². The van der Waals surface area contributed by atoms with Crippen molar-refractivity contribution in [3.8, 4) is 0 Å². The Bertz CT molecular complexity index is 211. The van der Waals surface area contributed by atoms with Gasteiger partial charge in [-0.25, -0.2) is 0 Å². The summed E-state index contributed by atoms with van der Waals surface area (Å²) in [6.07, 6.45) is 1.64. The third kappa shape index (κ3) is 1.82. The first-order valence-electron chi connectivity index (χ1n) is 4.02. The van der Waals surface area contributed by atoms with Crippen LogP contribution in [0.2, 0.25) is 0 Å². The Labute approximate surface area is 70.2 Å². The second-order valence-electron chi connectivity index (χ2n) is 3.23. The van der Waals surface area contributed by atoms with Gasteiger partial charge in [0.2, 0.25) is 0 Å². The quantitative estimate of drug-likeness (QED) is 0.629. The van der Waals surface area contributed by atoms with Gasteiger partial charge in [-0.1, -0.05) is 0 Å². The lowest BCUT2D eigenvalue weighted by molar-refractivity contribution is -0.153. The molecule has 2 N–H and O–H groups in total. The molecule has 12 heavy (non-hydrogen) atoms. The van der Waals surface area contributed by atoms with E-state index in [0.29, 0.717) is 6.42 Å². The zero-order valence-corrected chi connectivity index (χ0v) is 6.75. The van der Waals surface area contributed by atoms with Crippen LogP contribution in [0.4, 0.5) is 0 Å². The van der Waals surface area contributed by atoms with E-state index in [9.17, 15) is 14.7 Å². The van der Waals surface area contributed by atoms with Crippen molar-refractivity contribution < 1.29 is 19.8 Å². The first-order valence-corrected chi connectivity index (χ1v) is 4.02. The van der Waals surface area contributed by atoms with Crippen molar-refractivity contribution in [3.05, 3.63) is 0 Å². The highest BCUT2D eigenvalue weighted by Crippen LogP contribution is 2.27. The summed E-state index contributed by atoms with van der Waals surface area (Å²) in [4.78, 5) is 21.4. The van der Waals surface area contributed by atoms with Crippen LogP contribution >= 0.6 is 0 Å². The number of ketones is 1. The molecule has 4 nitrogen and oxygen atoms in total. The van der Waals surface area contributed by atoms with Crippen LogP contribution in [0.1, 0.15) is 32.1 Å². The Morgan fingerprint density at radius 2 is 2.17 bits per heavy atom. The first kappa shape index (κ1) is 9.19. The summed E-state index contributed by atoms with van der Waals surface area (Å²) in [5.74, 6) is -1.44. The number of hydrogen-bond acceptors (Lipinski definition) is 3. The second kappa shape index (κ2) is 3.23. The van der Waals surface area contributed by atoms with Crippen molar-refractivity contribution in [3.63, 3.8) is 0 Å². The molecule has 1 atom stereocenters. The zero-order valence-electron chi connectivity index (χ0n) is 6.75. The van der Waals surface area contributed by atoms with E-state index >= 15 is 0 Å². The van der Waals surface area contributed by atoms with Crippen molar-refractivity contribution >= 4 is 11.8 Å². The van der Waals surface area contributed by atoms with E-state index in [1.54, 1.807) is 0 Å². The number of hydrogen-bond donors (Lipinski definition) is 2. The highest BCUT2D eigenvalue weighted by atomic mass is 16.4. The van der Waals surface area contributed by atoms with E-state index in [0.717, 1.165) is 12.8 Å². The molecule has 1 aliphatic rings. The molecule has 0 unspecified atom stereocenters. The molecule has 0 aromatic heterocycles. The predicted molar refractivity (Wildman–Crippen MR) is 40.7 cm³/mol. The second-order valence-corrected chi connectivity index (χ2v) is 3.23. The molecule has 0 heterocycles. The largest absolute Gasteiger partial charge is 0.481 e. The molecule has 0 radical (unpaired) electrons. The molecule has 1 saturated carbocycles. The summed E-state index contributed by atoms with van der Waals surface area (Å²) in [7, 11) is 0. The zero-order chi connectivity index (χ0) is 9.19. The van der Waals surface area contributed by atoms with Gasteiger partial charge in [0, 0.05) is 6.42 Å². The van der Waals surface area contributed by atoms with Crippen molar-refractivity contribution in [2.45, 2.75) is 37.7 Å². The van der Waals surface area contributed by atoms with Gasteiger partial charge in [0.15, 0.2) is 5.78 Å². The maximum Gasteiger partial charge on any atom is 0.306 e. The molecule has 0 saturated heterocycles. The van der Waals surface area contributed by atoms with Crippen LogP contribution in [0.3, 0.4) is 0 Å². The Hall–Kier alpha value is -0.900. The number of carbonyl (C=O) groups excluding carboxylic acids is 1. The normalized spacial score (nSPS) is 30.2. The Kier molecular flexibility index (Phi) is 2.47. The third-order valence-corrected chi connectivity index (χ3v) is 2.21. The van der Waals surface area contributed by atoms with Crippen LogP contribution in [-0.2, 0) is 9.59 Å². The van der Waals surface area contributed by atoms with Crippen LogP contribution in [0.25, 0.3) is 0 Å². The van der Waals surface area contributed by atoms with Crippen molar-refractivity contribution in [2.75, 3.05) is 0 Å². The molecule has 0 aromatic rings. The first-order chi connectivity index (χ1) is 5.54. The van der Waals surface area contributed by atoms with Crippen molar-refractivity contribution in [1.82, 2.24) is 0 Å². The lowest BCUT2D eigenvalue weighted by Gasteiger charge is -2.28. The van der Waals surface area contributed by atoms with E-state index < -0.39 is 18.0 Å². The molecular formula is C8H12O4. The molecule has 68 valence electrons. The Morgan fingerprint density at radius 1 is 1.50 bits per heavy atom. The minimum atomic E-state index is -1.58. The maximum absolute atomic E-state index is 11.1. The predicted octanol–water partition coefficient (Wildman–Crippen LogP) is 0.335. The number of aliphatic carboxylic acids is 1. The summed E-state index contributed by atoms with van der Waals surface area (Å²) >= 11 is 0. The highest BCUT2D eigenvalue weighted by Gasteiger charge is 2.39. The van der Waals surface area contributed by atoms with E-state index in [1.807, 2.05) is 0 Å². The van der Waals surface area contributed by atoms with Gasteiger partial charge in [0.25, 0.3) is 0 Å². The number of rotatable bonds is 2. The third-order valence-electron chi connectivity index (χ3n) is 2.21. The smallest absolute Gasteiger partial charge is 0.306 e. The lowest BCUT2D eigenvalue weighted by Crippen LogP contribution is -2.42. The minimum Gasteiger partial charge on any atom is -0.481 e. The van der Waals surface area contributed by atoms with E-state index in [1.165, 1.54) is 0 Å². The molecule has 1 aliphatic carbocycles. The van der Waals surface area contributed by atoms with Crippen LogP contribution < -0.4 is 0 Å². The van der Waals surface area contributed by atoms with Crippen LogP contribution in [0.15, 0.2) is 0 Å². The van der Waals surface area contributed by atoms with Crippen molar-refractivity contribution in [2.24, 2.45) is 0 Å². The Morgan fingerprint density at radius 3 is 2.67 bits per heavy atom. The fourth-order valence-electron chi connectivity index (χ4n) is 1.51. The molecule has 0 aromatic carbocycles. The molecule has 0 bridgehead atoms. The average molecular weight is 172 g/mol. The number of carboxylic acid groups (broad SMARTS) is 1. The molecule has 1 fully saturated rings. The summed E-state index contributed by atoms with van der Waals surface area (Å²) in [6, 6.07) is 0. The molecule has 0 spiro atoms. The number of aliphatic hydroxyl groups is 1. The number of Topliss-reactive ketones (excluding diaryl/α,β-unsaturated/α-hetero) is 1. The van der Waals surface area contributed by atoms with Gasteiger partial charge < -0.3 is 10.2 Å².